The molecule has 0 saturated carbocycles. The highest BCUT2D eigenvalue weighted by molar-refractivity contribution is 5.88. The van der Waals surface area contributed by atoms with Gasteiger partial charge in [-0.2, -0.15) is 0 Å². The molecule has 6 amide bonds. The van der Waals surface area contributed by atoms with Crippen molar-refractivity contribution >= 4 is 30.0 Å². The summed E-state index contributed by atoms with van der Waals surface area (Å²) >= 11 is 0. The number of carbonyl (C=O) groups is 5. The first kappa shape index (κ1) is 45.6. The molecule has 4 atom stereocenters. The van der Waals surface area contributed by atoms with Crippen molar-refractivity contribution in [1.29, 1.82) is 0 Å². The summed E-state index contributed by atoms with van der Waals surface area (Å²) in [6.07, 6.45) is 3.72. The van der Waals surface area contributed by atoms with Crippen molar-refractivity contribution in [3.63, 3.8) is 0 Å². The Morgan fingerprint density at radius 2 is 1.22 bits per heavy atom. The number of likely N-dealkylation sites (tertiary alicyclic amines) is 1. The molecule has 0 spiro atoms. The van der Waals surface area contributed by atoms with Gasteiger partial charge in [0.05, 0.1) is 63.8 Å². The van der Waals surface area contributed by atoms with Crippen LogP contribution in [0, 0.1) is 11.8 Å². The first-order chi connectivity index (χ1) is 32.8. The maximum Gasteiger partial charge on any atom is 0.407 e. The summed E-state index contributed by atoms with van der Waals surface area (Å²) in [5.41, 5.74) is 7.27. The van der Waals surface area contributed by atoms with Crippen LogP contribution in [0.2, 0.25) is 0 Å². The van der Waals surface area contributed by atoms with Crippen molar-refractivity contribution in [2.45, 2.75) is 77.8 Å². The standard InChI is InChI=1S/C49H56N10O9/c1-27(2)40(54-47(62)65-5)45(60)58-19-7-8-37(58)43-50-20-35(52-43)31-13-9-29(10-14-31)30-11-15-32(16-12-30)36-21-51-44(53-36)38-24-57(25-59(38)46(61)41(28(3)4)55-48(63)66-6)49(64)56-22-33-17-18-39-42(34(33)23-56)68-26-67-39/h9-18,20-21,27-28,37-38,40-41H,7-8,19,22-26H2,1-6H3,(H,50,52)(H,51,53)(H,54,62)(H,55,63)/t37-,38?,40-,41-/m0/s1. The molecule has 356 valence electrons. The summed E-state index contributed by atoms with van der Waals surface area (Å²) in [5.74, 6) is 1.59. The molecule has 68 heavy (non-hydrogen) atoms. The second-order valence-electron chi connectivity index (χ2n) is 18.2. The molecule has 6 heterocycles. The highest BCUT2D eigenvalue weighted by Crippen LogP contribution is 2.42. The number of benzene rings is 3. The van der Waals surface area contributed by atoms with Gasteiger partial charge in [0, 0.05) is 18.7 Å². The number of aromatic amines is 2. The number of nitrogens with zero attached hydrogens (tertiary/aromatic N) is 6. The third-order valence-electron chi connectivity index (χ3n) is 13.2. The monoisotopic (exact) mass is 928 g/mol. The van der Waals surface area contributed by atoms with E-state index < -0.39 is 30.3 Å². The van der Waals surface area contributed by atoms with Crippen molar-refractivity contribution in [1.82, 2.24) is 50.2 Å². The molecule has 1 unspecified atom stereocenters. The van der Waals surface area contributed by atoms with E-state index in [0.717, 1.165) is 57.6 Å². The van der Waals surface area contributed by atoms with Crippen molar-refractivity contribution < 1.29 is 42.9 Å². The molecule has 0 aliphatic carbocycles. The molecular formula is C49H56N10O9. The summed E-state index contributed by atoms with van der Waals surface area (Å²) < 4.78 is 20.9. The molecule has 0 radical (unpaired) electrons. The number of hydrogen-bond acceptors (Lipinski definition) is 11. The molecule has 9 rings (SSSR count). The second kappa shape index (κ2) is 19.0. The van der Waals surface area contributed by atoms with E-state index in [9.17, 15) is 24.0 Å². The van der Waals surface area contributed by atoms with Crippen molar-refractivity contribution in [3.05, 3.63) is 95.8 Å². The van der Waals surface area contributed by atoms with E-state index in [4.69, 9.17) is 23.9 Å². The van der Waals surface area contributed by atoms with E-state index in [1.54, 1.807) is 32.0 Å². The number of hydrogen-bond donors (Lipinski definition) is 4. The number of imidazole rings is 2. The smallest absolute Gasteiger partial charge is 0.407 e. The highest BCUT2D eigenvalue weighted by atomic mass is 16.7. The van der Waals surface area contributed by atoms with Gasteiger partial charge in [-0.15, -0.1) is 0 Å². The van der Waals surface area contributed by atoms with Gasteiger partial charge in [-0.05, 0) is 58.6 Å². The fourth-order valence-corrected chi connectivity index (χ4v) is 9.48. The van der Waals surface area contributed by atoms with Crippen molar-refractivity contribution in [2.75, 3.05) is 40.8 Å². The lowest BCUT2D eigenvalue weighted by Gasteiger charge is -2.30. The Labute approximate surface area is 393 Å². The first-order valence-electron chi connectivity index (χ1n) is 22.9. The zero-order chi connectivity index (χ0) is 47.8. The Hall–Kier alpha value is -7.57. The number of carbonyl (C=O) groups excluding carboxylic acids is 5. The number of nitrogens with one attached hydrogen (secondary N) is 4. The second-order valence-corrected chi connectivity index (χ2v) is 18.2. The minimum Gasteiger partial charge on any atom is -0.454 e. The first-order valence-corrected chi connectivity index (χ1v) is 22.9. The Morgan fingerprint density at radius 3 is 1.78 bits per heavy atom. The predicted molar refractivity (Wildman–Crippen MR) is 247 cm³/mol. The van der Waals surface area contributed by atoms with Gasteiger partial charge in [0.1, 0.15) is 29.8 Å². The lowest BCUT2D eigenvalue weighted by Crippen LogP contribution is -2.52. The predicted octanol–water partition coefficient (Wildman–Crippen LogP) is 6.57. The number of alkyl carbamates (subject to hydrolysis) is 2. The SMILES string of the molecule is COC(=O)N[C@H](C(=O)N1CN(C(=O)N2Cc3ccc4c(c3C2)OCO4)CC1c1ncc(-c2ccc(-c3ccc(-c4cnc([C@@H]5CCCN5C(=O)[C@@H](NC(=O)OC)C(C)C)[nH]4)cc3)cc2)[nH]1)C(C)C. The third-order valence-corrected chi connectivity index (χ3v) is 13.2. The van der Waals surface area contributed by atoms with E-state index in [0.29, 0.717) is 42.8 Å². The average molecular weight is 929 g/mol. The van der Waals surface area contributed by atoms with Gasteiger partial charge in [-0.25, -0.2) is 24.4 Å². The van der Waals surface area contributed by atoms with Gasteiger partial charge in [-0.1, -0.05) is 82.3 Å². The van der Waals surface area contributed by atoms with Gasteiger partial charge in [-0.3, -0.25) is 9.59 Å². The Balaban J connectivity index is 0.888. The summed E-state index contributed by atoms with van der Waals surface area (Å²) in [7, 11) is 2.53. The largest absolute Gasteiger partial charge is 0.454 e. The Kier molecular flexibility index (Phi) is 12.7. The third kappa shape index (κ3) is 8.87. The molecule has 2 aromatic heterocycles. The maximum absolute atomic E-state index is 14.3. The van der Waals surface area contributed by atoms with Crippen LogP contribution < -0.4 is 20.1 Å². The van der Waals surface area contributed by atoms with Gasteiger partial charge in [0.25, 0.3) is 0 Å². The number of urea groups is 1. The fourth-order valence-electron chi connectivity index (χ4n) is 9.48. The van der Waals surface area contributed by atoms with E-state index in [1.165, 1.54) is 14.2 Å². The molecule has 5 aromatic rings. The van der Waals surface area contributed by atoms with Crippen LogP contribution in [-0.4, -0.2) is 122 Å². The number of amides is 6. The van der Waals surface area contributed by atoms with Gasteiger partial charge in [0.2, 0.25) is 18.6 Å². The average Bonchev–Trinajstić information content (AvgIpc) is 4.21. The van der Waals surface area contributed by atoms with Crippen LogP contribution in [0.1, 0.15) is 75.4 Å². The molecule has 3 aromatic carbocycles. The minimum atomic E-state index is -0.911. The zero-order valence-corrected chi connectivity index (χ0v) is 38.9. The number of ether oxygens (including phenoxy) is 4. The summed E-state index contributed by atoms with van der Waals surface area (Å²) in [6.45, 7) is 9.05. The minimum absolute atomic E-state index is 0.0132. The van der Waals surface area contributed by atoms with Crippen LogP contribution >= 0.6 is 0 Å². The van der Waals surface area contributed by atoms with Crippen LogP contribution in [0.4, 0.5) is 14.4 Å². The van der Waals surface area contributed by atoms with Crippen LogP contribution in [-0.2, 0) is 32.2 Å². The zero-order valence-electron chi connectivity index (χ0n) is 38.9. The summed E-state index contributed by atoms with van der Waals surface area (Å²) in [6, 6.07) is 17.3. The molecule has 2 saturated heterocycles. The van der Waals surface area contributed by atoms with Gasteiger partial charge >= 0.3 is 18.2 Å². The fraction of sp³-hybridized carbons (Fsp3) is 0.408. The Bertz CT molecular complexity index is 2700. The molecule has 19 nitrogen and oxygen atoms in total. The van der Waals surface area contributed by atoms with E-state index in [1.807, 2.05) is 88.4 Å². The molecule has 4 aliphatic rings. The highest BCUT2D eigenvalue weighted by Gasteiger charge is 2.44. The molecule has 4 N–H and O–H groups in total. The number of methoxy groups -OCH3 is 2. The number of aromatic nitrogens is 4. The van der Waals surface area contributed by atoms with Crippen molar-refractivity contribution in [3.8, 4) is 45.1 Å². The van der Waals surface area contributed by atoms with E-state index in [-0.39, 0.29) is 55.7 Å². The molecular weight excluding hydrogens is 873 g/mol. The van der Waals surface area contributed by atoms with Crippen LogP contribution in [0.3, 0.4) is 0 Å². The topological polar surface area (TPSA) is 217 Å². The van der Waals surface area contributed by atoms with Gasteiger partial charge < -0.3 is 59.1 Å². The summed E-state index contributed by atoms with van der Waals surface area (Å²) in [4.78, 5) is 89.6. The van der Waals surface area contributed by atoms with Gasteiger partial charge in [0.15, 0.2) is 11.5 Å². The van der Waals surface area contributed by atoms with Crippen LogP contribution in [0.15, 0.2) is 73.1 Å². The molecule has 19 heteroatoms. The molecule has 4 aliphatic heterocycles. The van der Waals surface area contributed by atoms with Crippen LogP contribution in [0.25, 0.3) is 33.6 Å². The number of rotatable bonds is 11. The maximum atomic E-state index is 14.3. The van der Waals surface area contributed by atoms with E-state index >= 15 is 0 Å². The van der Waals surface area contributed by atoms with Crippen molar-refractivity contribution in [2.24, 2.45) is 11.8 Å². The summed E-state index contributed by atoms with van der Waals surface area (Å²) in [5, 5.41) is 5.38. The Morgan fingerprint density at radius 1 is 0.676 bits per heavy atom. The van der Waals surface area contributed by atoms with E-state index in [2.05, 4.69) is 25.6 Å². The molecule has 0 bridgehead atoms. The lowest BCUT2D eigenvalue weighted by atomic mass is 10.0. The number of fused-ring (bicyclic) bond motifs is 3. The van der Waals surface area contributed by atoms with Crippen LogP contribution in [0.5, 0.6) is 11.5 Å². The quantitative estimate of drug-likeness (QED) is 0.111. The molecule has 2 fully saturated rings. The normalized spacial score (nSPS) is 18.2. The lowest BCUT2D eigenvalue weighted by molar-refractivity contribution is -0.136. The number of H-pyrrole nitrogens is 2.